The van der Waals surface area contributed by atoms with E-state index in [0.717, 1.165) is 5.56 Å². The Hall–Kier alpha value is -0.990. The van der Waals surface area contributed by atoms with Gasteiger partial charge in [0.25, 0.3) is 0 Å². The molecule has 1 aliphatic rings. The van der Waals surface area contributed by atoms with Gasteiger partial charge in [-0.15, -0.1) is 0 Å². The summed E-state index contributed by atoms with van der Waals surface area (Å²) in [6, 6.07) is 6.55. The number of benzene rings is 1. The van der Waals surface area contributed by atoms with E-state index in [1.54, 1.807) is 24.3 Å². The zero-order chi connectivity index (χ0) is 15.7. The molecular formula is C14H22N2O4S. The van der Waals surface area contributed by atoms with Crippen molar-refractivity contribution in [2.75, 3.05) is 19.7 Å². The fraction of sp³-hybridized carbons (Fsp3) is 0.571. The van der Waals surface area contributed by atoms with Crippen LogP contribution in [0.3, 0.4) is 0 Å². The van der Waals surface area contributed by atoms with Crippen molar-refractivity contribution in [3.63, 3.8) is 0 Å². The number of nitrogens with two attached hydrogens (primary N) is 1. The smallest absolute Gasteiger partial charge is 0.243 e. The van der Waals surface area contributed by atoms with Gasteiger partial charge in [-0.3, -0.25) is 0 Å². The summed E-state index contributed by atoms with van der Waals surface area (Å²) in [5.41, 5.74) is 5.77. The molecule has 7 heteroatoms. The van der Waals surface area contributed by atoms with E-state index in [2.05, 4.69) is 0 Å². The summed E-state index contributed by atoms with van der Waals surface area (Å²) in [7, 11) is -3.60. The Balaban J connectivity index is 2.29. The minimum atomic E-state index is -3.60. The van der Waals surface area contributed by atoms with Crippen molar-refractivity contribution in [3.05, 3.63) is 29.8 Å². The van der Waals surface area contributed by atoms with Crippen LogP contribution < -0.4 is 5.73 Å². The lowest BCUT2D eigenvalue weighted by Gasteiger charge is -2.41. The second-order valence-electron chi connectivity index (χ2n) is 5.83. The van der Waals surface area contributed by atoms with Crippen LogP contribution in [0.1, 0.15) is 19.4 Å². The van der Waals surface area contributed by atoms with Crippen molar-refractivity contribution in [2.24, 2.45) is 5.73 Å². The number of nitrogens with zero attached hydrogens (tertiary/aromatic N) is 1. The quantitative estimate of drug-likeness (QED) is 0.834. The molecule has 2 rings (SSSR count). The van der Waals surface area contributed by atoms with Crippen LogP contribution in [0.2, 0.25) is 0 Å². The van der Waals surface area contributed by atoms with Crippen molar-refractivity contribution in [3.8, 4) is 0 Å². The van der Waals surface area contributed by atoms with E-state index in [9.17, 15) is 13.5 Å². The molecule has 0 saturated carbocycles. The molecular weight excluding hydrogens is 292 g/mol. The van der Waals surface area contributed by atoms with Gasteiger partial charge in [0.15, 0.2) is 0 Å². The first-order valence-corrected chi connectivity index (χ1v) is 8.30. The summed E-state index contributed by atoms with van der Waals surface area (Å²) in [6.07, 6.45) is -0.508. The third-order valence-corrected chi connectivity index (χ3v) is 5.28. The predicted octanol–water partition coefficient (Wildman–Crippen LogP) is 0.306. The maximum absolute atomic E-state index is 12.7. The van der Waals surface area contributed by atoms with Gasteiger partial charge in [0.1, 0.15) is 0 Å². The number of aliphatic hydroxyl groups is 1. The lowest BCUT2D eigenvalue weighted by molar-refractivity contribution is -0.131. The molecule has 6 nitrogen and oxygen atoms in total. The molecule has 118 valence electrons. The van der Waals surface area contributed by atoms with Crippen LogP contribution in [0, 0.1) is 0 Å². The van der Waals surface area contributed by atoms with E-state index in [1.807, 2.05) is 13.8 Å². The van der Waals surface area contributed by atoms with Gasteiger partial charge in [0.05, 0.1) is 23.2 Å². The molecule has 3 N–H and O–H groups in total. The number of hydrogen-bond acceptors (Lipinski definition) is 5. The average Bonchev–Trinajstić information content (AvgIpc) is 2.45. The number of rotatable bonds is 4. The third kappa shape index (κ3) is 3.61. The molecule has 0 radical (unpaired) electrons. The van der Waals surface area contributed by atoms with Gasteiger partial charge in [0.2, 0.25) is 10.0 Å². The van der Waals surface area contributed by atoms with Gasteiger partial charge < -0.3 is 15.6 Å². The summed E-state index contributed by atoms with van der Waals surface area (Å²) in [4.78, 5) is 0.231. The second-order valence-corrected chi connectivity index (χ2v) is 7.77. The maximum Gasteiger partial charge on any atom is 0.243 e. The Bertz CT molecular complexity index is 583. The summed E-state index contributed by atoms with van der Waals surface area (Å²) in [5, 5.41) is 9.29. The van der Waals surface area contributed by atoms with Crippen molar-refractivity contribution < 1.29 is 18.3 Å². The van der Waals surface area contributed by atoms with E-state index in [-0.39, 0.29) is 24.6 Å². The topological polar surface area (TPSA) is 92.9 Å². The van der Waals surface area contributed by atoms with Crippen LogP contribution in [0.25, 0.3) is 0 Å². The highest BCUT2D eigenvalue weighted by molar-refractivity contribution is 7.89. The minimum absolute atomic E-state index is 0.154. The second kappa shape index (κ2) is 6.02. The Morgan fingerprint density at radius 2 is 2.00 bits per heavy atom. The standard InChI is InChI=1S/C14H22N2O4S/c1-14(2)10-16(8-12(9-17)20-14)21(18,19)13-5-3-11(7-15)4-6-13/h3-6,12,17H,7-10,15H2,1-2H3. The number of morpholine rings is 1. The van der Waals surface area contributed by atoms with Crippen LogP contribution in [-0.2, 0) is 21.3 Å². The molecule has 21 heavy (non-hydrogen) atoms. The van der Waals surface area contributed by atoms with Gasteiger partial charge in [-0.1, -0.05) is 12.1 Å². The van der Waals surface area contributed by atoms with E-state index in [0.29, 0.717) is 6.54 Å². The van der Waals surface area contributed by atoms with E-state index < -0.39 is 21.7 Å². The molecule has 1 aliphatic heterocycles. The zero-order valence-electron chi connectivity index (χ0n) is 12.3. The number of aliphatic hydroxyl groups excluding tert-OH is 1. The van der Waals surface area contributed by atoms with Crippen molar-refractivity contribution >= 4 is 10.0 Å². The Labute approximate surface area is 125 Å². The van der Waals surface area contributed by atoms with Gasteiger partial charge in [-0.2, -0.15) is 4.31 Å². The highest BCUT2D eigenvalue weighted by atomic mass is 32.2. The number of hydrogen-bond donors (Lipinski definition) is 2. The molecule has 0 amide bonds. The summed E-state index contributed by atoms with van der Waals surface area (Å²) >= 11 is 0. The number of ether oxygens (including phenoxy) is 1. The largest absolute Gasteiger partial charge is 0.394 e. The van der Waals surface area contributed by atoms with Crippen LogP contribution in [-0.4, -0.2) is 49.2 Å². The normalized spacial score (nSPS) is 23.1. The maximum atomic E-state index is 12.7. The van der Waals surface area contributed by atoms with E-state index in [4.69, 9.17) is 10.5 Å². The van der Waals surface area contributed by atoms with Crippen molar-refractivity contribution in [2.45, 2.75) is 37.0 Å². The van der Waals surface area contributed by atoms with Crippen molar-refractivity contribution in [1.29, 1.82) is 0 Å². The summed E-state index contributed by atoms with van der Waals surface area (Å²) < 4.78 is 32.4. The molecule has 0 spiro atoms. The Morgan fingerprint density at radius 1 is 1.38 bits per heavy atom. The van der Waals surface area contributed by atoms with Crippen LogP contribution in [0.4, 0.5) is 0 Å². The average molecular weight is 314 g/mol. The molecule has 1 aromatic carbocycles. The number of sulfonamides is 1. The zero-order valence-corrected chi connectivity index (χ0v) is 13.1. The fourth-order valence-corrected chi connectivity index (χ4v) is 4.09. The molecule has 1 atom stereocenters. The van der Waals surface area contributed by atoms with Crippen LogP contribution in [0.5, 0.6) is 0 Å². The molecule has 1 heterocycles. The summed E-state index contributed by atoms with van der Waals surface area (Å²) in [5.74, 6) is 0. The molecule has 0 aromatic heterocycles. The first kappa shape index (κ1) is 16.4. The van der Waals surface area contributed by atoms with Crippen LogP contribution in [0.15, 0.2) is 29.2 Å². The van der Waals surface area contributed by atoms with Gasteiger partial charge in [0, 0.05) is 19.6 Å². The van der Waals surface area contributed by atoms with Crippen molar-refractivity contribution in [1.82, 2.24) is 4.31 Å². The van der Waals surface area contributed by atoms with E-state index >= 15 is 0 Å². The van der Waals surface area contributed by atoms with Gasteiger partial charge in [-0.25, -0.2) is 8.42 Å². The molecule has 1 saturated heterocycles. The fourth-order valence-electron chi connectivity index (χ4n) is 2.47. The minimum Gasteiger partial charge on any atom is -0.394 e. The molecule has 0 bridgehead atoms. The first-order valence-electron chi connectivity index (χ1n) is 6.86. The van der Waals surface area contributed by atoms with E-state index in [1.165, 1.54) is 4.31 Å². The monoisotopic (exact) mass is 314 g/mol. The lowest BCUT2D eigenvalue weighted by Crippen LogP contribution is -2.55. The lowest BCUT2D eigenvalue weighted by atomic mass is 10.1. The van der Waals surface area contributed by atoms with Gasteiger partial charge in [-0.05, 0) is 31.5 Å². The highest BCUT2D eigenvalue weighted by Gasteiger charge is 2.39. The molecule has 0 aliphatic carbocycles. The van der Waals surface area contributed by atoms with Gasteiger partial charge >= 0.3 is 0 Å². The highest BCUT2D eigenvalue weighted by Crippen LogP contribution is 2.26. The Morgan fingerprint density at radius 3 is 2.52 bits per heavy atom. The van der Waals surface area contributed by atoms with Crippen LogP contribution >= 0.6 is 0 Å². The predicted molar refractivity (Wildman–Crippen MR) is 79.1 cm³/mol. The molecule has 1 aromatic rings. The Kier molecular flexibility index (Phi) is 4.69. The first-order chi connectivity index (χ1) is 9.78. The summed E-state index contributed by atoms with van der Waals surface area (Å²) in [6.45, 7) is 4.20. The molecule has 1 unspecified atom stereocenters. The molecule has 1 fully saturated rings. The third-order valence-electron chi connectivity index (χ3n) is 3.45. The SMILES string of the molecule is CC1(C)CN(S(=O)(=O)c2ccc(CN)cc2)CC(CO)O1.